The average molecular weight is 341 g/mol. The fraction of sp³-hybridized carbons (Fsp3) is 0.600. The number of nitrogens with one attached hydrogen (secondary N) is 1. The van der Waals surface area contributed by atoms with Crippen LogP contribution in [0.1, 0.15) is 38.7 Å². The van der Waals surface area contributed by atoms with Crippen molar-refractivity contribution >= 4 is 21.6 Å². The van der Waals surface area contributed by atoms with E-state index in [-0.39, 0.29) is 16.0 Å². The van der Waals surface area contributed by atoms with Gasteiger partial charge in [-0.3, -0.25) is 10.1 Å². The third-order valence-electron chi connectivity index (χ3n) is 4.30. The molecule has 20 heavy (non-hydrogen) atoms. The summed E-state index contributed by atoms with van der Waals surface area (Å²) >= 11 is 3.31. The van der Waals surface area contributed by atoms with Gasteiger partial charge in [0.2, 0.25) is 0 Å². The van der Waals surface area contributed by atoms with Crippen LogP contribution < -0.4 is 5.32 Å². The molecule has 1 aromatic rings. The van der Waals surface area contributed by atoms with E-state index in [2.05, 4.69) is 35.1 Å². The molecule has 0 aromatic heterocycles. The molecule has 2 rings (SSSR count). The summed E-state index contributed by atoms with van der Waals surface area (Å²) in [7, 11) is 0. The Bertz CT molecular complexity index is 501. The van der Waals surface area contributed by atoms with Crippen LogP contribution in [0, 0.1) is 15.5 Å². The summed E-state index contributed by atoms with van der Waals surface area (Å²) in [5, 5.41) is 14.7. The molecule has 4 nitrogen and oxygen atoms in total. The van der Waals surface area contributed by atoms with Crippen molar-refractivity contribution in [3.05, 3.63) is 38.3 Å². The number of nitrogens with zero attached hydrogens (tertiary/aromatic N) is 1. The molecule has 0 saturated heterocycles. The second-order valence-electron chi connectivity index (χ2n) is 5.75. The zero-order valence-corrected chi connectivity index (χ0v) is 13.6. The maximum absolute atomic E-state index is 11.2. The summed E-state index contributed by atoms with van der Waals surface area (Å²) in [6, 6.07) is 5.79. The zero-order chi connectivity index (χ0) is 14.8. The van der Waals surface area contributed by atoms with E-state index in [0.717, 1.165) is 42.3 Å². The fourth-order valence-corrected chi connectivity index (χ4v) is 3.09. The van der Waals surface area contributed by atoms with E-state index in [1.54, 1.807) is 6.07 Å². The van der Waals surface area contributed by atoms with Crippen LogP contribution in [-0.2, 0) is 6.42 Å². The van der Waals surface area contributed by atoms with Gasteiger partial charge in [-0.2, -0.15) is 0 Å². The second kappa shape index (κ2) is 6.22. The Morgan fingerprint density at radius 3 is 2.75 bits per heavy atom. The van der Waals surface area contributed by atoms with E-state index < -0.39 is 0 Å². The fourth-order valence-electron chi connectivity index (χ4n) is 2.74. The minimum Gasteiger partial charge on any atom is -0.314 e. The SMILES string of the molecule is CCCNC(C)C1(Cc2ccc(Br)cc2[N+](=O)[O-])CC1. The highest BCUT2D eigenvalue weighted by Crippen LogP contribution is 2.52. The summed E-state index contributed by atoms with van der Waals surface area (Å²) in [6.07, 6.45) is 4.20. The molecule has 1 saturated carbocycles. The Morgan fingerprint density at radius 1 is 1.50 bits per heavy atom. The van der Waals surface area contributed by atoms with Gasteiger partial charge in [0.25, 0.3) is 5.69 Å². The van der Waals surface area contributed by atoms with Crippen molar-refractivity contribution in [1.82, 2.24) is 5.32 Å². The Hall–Kier alpha value is -0.940. The maximum Gasteiger partial charge on any atom is 0.273 e. The predicted molar refractivity (Wildman–Crippen MR) is 83.9 cm³/mol. The topological polar surface area (TPSA) is 55.2 Å². The van der Waals surface area contributed by atoms with E-state index >= 15 is 0 Å². The molecule has 110 valence electrons. The molecule has 1 aromatic carbocycles. The van der Waals surface area contributed by atoms with Gasteiger partial charge < -0.3 is 5.32 Å². The number of benzene rings is 1. The van der Waals surface area contributed by atoms with Gasteiger partial charge in [-0.25, -0.2) is 0 Å². The molecule has 0 spiro atoms. The molecule has 5 heteroatoms. The molecular formula is C15H21BrN2O2. The van der Waals surface area contributed by atoms with Crippen LogP contribution in [0.3, 0.4) is 0 Å². The third kappa shape index (κ3) is 3.38. The molecule has 0 heterocycles. The van der Waals surface area contributed by atoms with E-state index in [9.17, 15) is 10.1 Å². The highest BCUT2D eigenvalue weighted by molar-refractivity contribution is 9.10. The number of hydrogen-bond donors (Lipinski definition) is 1. The third-order valence-corrected chi connectivity index (χ3v) is 4.79. The molecular weight excluding hydrogens is 320 g/mol. The average Bonchev–Trinajstić information content (AvgIpc) is 3.19. The van der Waals surface area contributed by atoms with Crippen LogP contribution in [0.5, 0.6) is 0 Å². The quantitative estimate of drug-likeness (QED) is 0.601. The standard InChI is InChI=1S/C15H21BrN2O2/c1-3-8-17-11(2)15(6-7-15)10-12-4-5-13(16)9-14(12)18(19)20/h4-5,9,11,17H,3,6-8,10H2,1-2H3. The van der Waals surface area contributed by atoms with Crippen molar-refractivity contribution in [2.75, 3.05) is 6.54 Å². The lowest BCUT2D eigenvalue weighted by Gasteiger charge is -2.24. The van der Waals surface area contributed by atoms with E-state index in [1.807, 2.05) is 12.1 Å². The molecule has 1 fully saturated rings. The van der Waals surface area contributed by atoms with Gasteiger partial charge in [-0.1, -0.05) is 28.9 Å². The van der Waals surface area contributed by atoms with Gasteiger partial charge in [0.1, 0.15) is 0 Å². The van der Waals surface area contributed by atoms with Gasteiger partial charge >= 0.3 is 0 Å². The minimum absolute atomic E-state index is 0.202. The molecule has 0 amide bonds. The van der Waals surface area contributed by atoms with Crippen molar-refractivity contribution in [1.29, 1.82) is 0 Å². The van der Waals surface area contributed by atoms with Crippen molar-refractivity contribution in [3.63, 3.8) is 0 Å². The molecule has 1 atom stereocenters. The lowest BCUT2D eigenvalue weighted by molar-refractivity contribution is -0.385. The van der Waals surface area contributed by atoms with Crippen molar-refractivity contribution in [2.45, 2.75) is 45.6 Å². The lowest BCUT2D eigenvalue weighted by Crippen LogP contribution is -2.36. The van der Waals surface area contributed by atoms with E-state index in [4.69, 9.17) is 0 Å². The van der Waals surface area contributed by atoms with Crippen molar-refractivity contribution in [3.8, 4) is 0 Å². The van der Waals surface area contributed by atoms with Gasteiger partial charge in [0.05, 0.1) is 4.92 Å². The first kappa shape index (κ1) is 15.4. The largest absolute Gasteiger partial charge is 0.314 e. The summed E-state index contributed by atoms with van der Waals surface area (Å²) in [5.41, 5.74) is 1.28. The Labute approximate surface area is 128 Å². The van der Waals surface area contributed by atoms with Gasteiger partial charge in [-0.05, 0) is 50.6 Å². The first-order chi connectivity index (χ1) is 9.48. The van der Waals surface area contributed by atoms with Gasteiger partial charge in [0, 0.05) is 22.1 Å². The lowest BCUT2D eigenvalue weighted by atomic mass is 9.89. The minimum atomic E-state index is -0.277. The monoisotopic (exact) mass is 340 g/mol. The summed E-state index contributed by atoms with van der Waals surface area (Å²) < 4.78 is 0.759. The van der Waals surface area contributed by atoms with Crippen molar-refractivity contribution < 1.29 is 4.92 Å². The predicted octanol–water partition coefficient (Wildman–Crippen LogP) is 4.07. The van der Waals surface area contributed by atoms with Crippen LogP contribution in [0.15, 0.2) is 22.7 Å². The Balaban J connectivity index is 2.15. The molecule has 1 aliphatic carbocycles. The molecule has 1 aliphatic rings. The smallest absolute Gasteiger partial charge is 0.273 e. The van der Waals surface area contributed by atoms with E-state index in [1.165, 1.54) is 0 Å². The summed E-state index contributed by atoms with van der Waals surface area (Å²) in [6.45, 7) is 5.36. The number of halogens is 1. The first-order valence-electron chi connectivity index (χ1n) is 7.15. The van der Waals surface area contributed by atoms with Crippen LogP contribution in [-0.4, -0.2) is 17.5 Å². The highest BCUT2D eigenvalue weighted by Gasteiger charge is 2.47. The van der Waals surface area contributed by atoms with E-state index in [0.29, 0.717) is 6.04 Å². The molecule has 0 radical (unpaired) electrons. The Kier molecular flexibility index (Phi) is 4.81. The highest BCUT2D eigenvalue weighted by atomic mass is 79.9. The number of hydrogen-bond acceptors (Lipinski definition) is 3. The normalized spacial score (nSPS) is 17.8. The second-order valence-corrected chi connectivity index (χ2v) is 6.66. The summed E-state index contributed by atoms with van der Waals surface area (Å²) in [4.78, 5) is 10.9. The Morgan fingerprint density at radius 2 is 2.20 bits per heavy atom. The van der Waals surface area contributed by atoms with Crippen LogP contribution in [0.2, 0.25) is 0 Å². The number of nitro benzene ring substituents is 1. The molecule has 1 unspecified atom stereocenters. The number of rotatable bonds is 7. The zero-order valence-electron chi connectivity index (χ0n) is 12.0. The molecule has 0 aliphatic heterocycles. The van der Waals surface area contributed by atoms with Crippen molar-refractivity contribution in [2.24, 2.45) is 5.41 Å². The van der Waals surface area contributed by atoms with Crippen LogP contribution in [0.25, 0.3) is 0 Å². The first-order valence-corrected chi connectivity index (χ1v) is 7.94. The van der Waals surface area contributed by atoms with Crippen LogP contribution in [0.4, 0.5) is 5.69 Å². The van der Waals surface area contributed by atoms with Gasteiger partial charge in [-0.15, -0.1) is 0 Å². The van der Waals surface area contributed by atoms with Gasteiger partial charge in [0.15, 0.2) is 0 Å². The maximum atomic E-state index is 11.2. The summed E-state index contributed by atoms with van der Waals surface area (Å²) in [5.74, 6) is 0. The molecule has 1 N–H and O–H groups in total. The van der Waals surface area contributed by atoms with Crippen LogP contribution >= 0.6 is 15.9 Å². The molecule has 0 bridgehead atoms. The number of nitro groups is 1.